The van der Waals surface area contributed by atoms with Crippen molar-refractivity contribution in [1.29, 1.82) is 0 Å². The molecule has 0 unspecified atom stereocenters. The minimum Gasteiger partial charge on any atom is -0.462 e. The third-order valence-corrected chi connectivity index (χ3v) is 6.12. The third kappa shape index (κ3) is 24.1. The van der Waals surface area contributed by atoms with Crippen LogP contribution in [-0.2, 0) is 28.2 Å². The molecule has 34 heavy (non-hydrogen) atoms. The summed E-state index contributed by atoms with van der Waals surface area (Å²) in [6, 6.07) is 0. The van der Waals surface area contributed by atoms with Crippen molar-refractivity contribution in [2.75, 3.05) is 19.8 Å². The second-order valence-electron chi connectivity index (χ2n) is 9.11. The molecule has 0 aliphatic heterocycles. The summed E-state index contributed by atoms with van der Waals surface area (Å²) in [4.78, 5) is 24.1. The average Bonchev–Trinajstić information content (AvgIpc) is 2.83. The summed E-state index contributed by atoms with van der Waals surface area (Å²) in [5.74, 6) is -0.633. The number of carbonyl (C=O) groups is 2. The van der Waals surface area contributed by atoms with Crippen molar-refractivity contribution in [2.24, 2.45) is 5.73 Å². The summed E-state index contributed by atoms with van der Waals surface area (Å²) in [6.07, 6.45) is 19.4. The number of rotatable bonds is 26. The van der Waals surface area contributed by atoms with Crippen LogP contribution in [0, 0.1) is 0 Å². The van der Waals surface area contributed by atoms with E-state index < -0.39 is 14.8 Å². The maximum absolute atomic E-state index is 12.1. The van der Waals surface area contributed by atoms with E-state index in [9.17, 15) is 14.2 Å². The molecule has 0 aliphatic rings. The van der Waals surface area contributed by atoms with Gasteiger partial charge in [-0.2, -0.15) is 0 Å². The van der Waals surface area contributed by atoms with Crippen LogP contribution in [0.4, 0.5) is 0 Å². The third-order valence-electron chi connectivity index (χ3n) is 5.86. The minimum atomic E-state index is -0.730. The van der Waals surface area contributed by atoms with Gasteiger partial charge >= 0.3 is 20.6 Å². The zero-order valence-corrected chi connectivity index (χ0v) is 22.5. The van der Waals surface area contributed by atoms with E-state index in [2.05, 4.69) is 6.92 Å². The van der Waals surface area contributed by atoms with Crippen molar-refractivity contribution < 1.29 is 28.2 Å². The van der Waals surface area contributed by atoms with Gasteiger partial charge in [-0.05, 0) is 25.8 Å². The topological polar surface area (TPSA) is 105 Å². The van der Waals surface area contributed by atoms with Gasteiger partial charge in [0.2, 0.25) is 0 Å². The van der Waals surface area contributed by atoms with Crippen molar-refractivity contribution in [3.8, 4) is 0 Å². The van der Waals surface area contributed by atoms with Crippen LogP contribution in [0.5, 0.6) is 0 Å². The van der Waals surface area contributed by atoms with Gasteiger partial charge in [-0.3, -0.25) is 14.1 Å². The van der Waals surface area contributed by atoms with Crippen molar-refractivity contribution in [3.63, 3.8) is 0 Å². The highest BCUT2D eigenvalue weighted by Crippen LogP contribution is 2.13. The molecular weight excluding hydrogens is 453 g/mol. The second kappa shape index (κ2) is 26.6. The van der Waals surface area contributed by atoms with Gasteiger partial charge in [-0.15, -0.1) is 0 Å². The fraction of sp³-hybridized carbons (Fsp3) is 0.923. The van der Waals surface area contributed by atoms with Crippen LogP contribution < -0.4 is 5.73 Å². The molecule has 1 atom stereocenters. The molecule has 2 N–H and O–H groups in total. The van der Waals surface area contributed by atoms with Crippen molar-refractivity contribution in [1.82, 2.24) is 0 Å². The normalized spacial score (nSPS) is 12.1. The molecule has 0 heterocycles. The Bertz CT molecular complexity index is 492. The standard InChI is InChI=1S/C26H50NO6P/c1-2-3-4-5-6-10-14-17-20-26(29)33-24(23-32-34-30)22-31-25(28)19-16-13-11-8-7-9-12-15-18-21-27/h24H,2-23,27H2,1H3/t24-/m1/s1. The van der Waals surface area contributed by atoms with Crippen LogP contribution in [0.1, 0.15) is 129 Å². The van der Waals surface area contributed by atoms with Gasteiger partial charge in [-0.25, -0.2) is 4.57 Å². The Labute approximate surface area is 209 Å². The monoisotopic (exact) mass is 503 g/mol. The summed E-state index contributed by atoms with van der Waals surface area (Å²) in [7, 11) is -0.489. The smallest absolute Gasteiger partial charge is 0.327 e. The van der Waals surface area contributed by atoms with Crippen molar-refractivity contribution in [3.05, 3.63) is 0 Å². The molecule has 0 saturated heterocycles. The Hall–Kier alpha value is -1.04. The van der Waals surface area contributed by atoms with E-state index in [-0.39, 0.29) is 25.2 Å². The lowest BCUT2D eigenvalue weighted by atomic mass is 10.1. The molecule has 200 valence electrons. The van der Waals surface area contributed by atoms with Gasteiger partial charge in [0.25, 0.3) is 0 Å². The van der Waals surface area contributed by atoms with Crippen molar-refractivity contribution >= 4 is 20.6 Å². The molecule has 0 amide bonds. The fourth-order valence-corrected chi connectivity index (χ4v) is 4.01. The van der Waals surface area contributed by atoms with E-state index in [1.54, 1.807) is 0 Å². The summed E-state index contributed by atoms with van der Waals surface area (Å²) < 4.78 is 26.1. The first-order valence-electron chi connectivity index (χ1n) is 13.6. The first-order chi connectivity index (χ1) is 16.6. The number of carbonyl (C=O) groups excluding carboxylic acids is 2. The molecule has 0 aromatic carbocycles. The maximum Gasteiger partial charge on any atom is 0.327 e. The van der Waals surface area contributed by atoms with E-state index in [0.717, 1.165) is 51.5 Å². The molecule has 0 saturated carbocycles. The second-order valence-corrected chi connectivity index (χ2v) is 9.52. The van der Waals surface area contributed by atoms with E-state index in [1.165, 1.54) is 64.2 Å². The molecule has 0 aliphatic carbocycles. The SMILES string of the molecule is CCCCCCCCCCC(=O)O[C@@H](COP=O)COC(=O)CCCCCCCCCCCN. The van der Waals surface area contributed by atoms with E-state index in [0.29, 0.717) is 12.8 Å². The average molecular weight is 504 g/mol. The van der Waals surface area contributed by atoms with E-state index in [4.69, 9.17) is 19.7 Å². The highest BCUT2D eigenvalue weighted by molar-refractivity contribution is 7.17. The summed E-state index contributed by atoms with van der Waals surface area (Å²) in [6.45, 7) is 2.86. The zero-order valence-electron chi connectivity index (χ0n) is 21.6. The van der Waals surface area contributed by atoms with Gasteiger partial charge in [0.1, 0.15) is 13.2 Å². The first kappa shape index (κ1) is 33.0. The molecule has 0 bridgehead atoms. The van der Waals surface area contributed by atoms with Crippen LogP contribution in [0.2, 0.25) is 0 Å². The summed E-state index contributed by atoms with van der Waals surface area (Å²) in [5.41, 5.74) is 5.49. The number of unbranched alkanes of at least 4 members (excludes halogenated alkanes) is 15. The number of hydrogen-bond donors (Lipinski definition) is 1. The van der Waals surface area contributed by atoms with Gasteiger partial charge in [0.05, 0.1) is 0 Å². The van der Waals surface area contributed by atoms with Gasteiger partial charge in [0.15, 0.2) is 6.10 Å². The first-order valence-corrected chi connectivity index (χ1v) is 14.4. The Morgan fingerprint density at radius 1 is 0.676 bits per heavy atom. The summed E-state index contributed by atoms with van der Waals surface area (Å²) >= 11 is 0. The number of ether oxygens (including phenoxy) is 2. The zero-order chi connectivity index (χ0) is 25.1. The highest BCUT2D eigenvalue weighted by atomic mass is 31.1. The lowest BCUT2D eigenvalue weighted by Crippen LogP contribution is -2.28. The van der Waals surface area contributed by atoms with Crippen LogP contribution in [0.15, 0.2) is 0 Å². The molecular formula is C26H50NO6P. The number of esters is 2. The molecule has 0 rings (SSSR count). The fourth-order valence-electron chi connectivity index (χ4n) is 3.79. The molecule has 0 aromatic heterocycles. The molecule has 0 radical (unpaired) electrons. The molecule has 0 spiro atoms. The number of hydrogen-bond acceptors (Lipinski definition) is 7. The minimum absolute atomic E-state index is 0.0627. The van der Waals surface area contributed by atoms with Crippen LogP contribution >= 0.6 is 8.69 Å². The predicted molar refractivity (Wildman–Crippen MR) is 137 cm³/mol. The Balaban J connectivity index is 3.84. The lowest BCUT2D eigenvalue weighted by molar-refractivity contribution is -0.160. The quantitative estimate of drug-likeness (QED) is 0.0765. The Kier molecular flexibility index (Phi) is 25.8. The number of nitrogens with two attached hydrogens (primary N) is 1. The lowest BCUT2D eigenvalue weighted by Gasteiger charge is -2.16. The van der Waals surface area contributed by atoms with Crippen LogP contribution in [-0.4, -0.2) is 37.8 Å². The Morgan fingerprint density at radius 2 is 1.15 bits per heavy atom. The predicted octanol–water partition coefficient (Wildman–Crippen LogP) is 7.06. The highest BCUT2D eigenvalue weighted by Gasteiger charge is 2.17. The molecule has 8 heteroatoms. The van der Waals surface area contributed by atoms with E-state index >= 15 is 0 Å². The van der Waals surface area contributed by atoms with Crippen LogP contribution in [0.3, 0.4) is 0 Å². The largest absolute Gasteiger partial charge is 0.462 e. The molecule has 0 fully saturated rings. The van der Waals surface area contributed by atoms with Gasteiger partial charge in [0, 0.05) is 12.8 Å². The molecule has 7 nitrogen and oxygen atoms in total. The van der Waals surface area contributed by atoms with Gasteiger partial charge < -0.3 is 15.2 Å². The van der Waals surface area contributed by atoms with Crippen molar-refractivity contribution in [2.45, 2.75) is 135 Å². The maximum atomic E-state index is 12.1. The Morgan fingerprint density at radius 3 is 1.65 bits per heavy atom. The van der Waals surface area contributed by atoms with Crippen LogP contribution in [0.25, 0.3) is 0 Å². The van der Waals surface area contributed by atoms with E-state index in [1.807, 2.05) is 0 Å². The van der Waals surface area contributed by atoms with Gasteiger partial charge in [-0.1, -0.05) is 96.8 Å². The molecule has 0 aromatic rings. The summed E-state index contributed by atoms with van der Waals surface area (Å²) in [5, 5.41) is 0.